The molecule has 1 aliphatic rings. The molecule has 2 rings (SSSR count). The van der Waals surface area contributed by atoms with Crippen LogP contribution in [0.1, 0.15) is 41.3 Å². The van der Waals surface area contributed by atoms with Crippen LogP contribution in [0, 0.1) is 6.92 Å². The Hall–Kier alpha value is -1.39. The molecular formula is C15H20O4. The largest absolute Gasteiger partial charge is 0.462 e. The Morgan fingerprint density at radius 3 is 2.74 bits per heavy atom. The molecule has 0 saturated carbocycles. The van der Waals surface area contributed by atoms with Gasteiger partial charge >= 0.3 is 5.97 Å². The maximum absolute atomic E-state index is 11.9. The predicted octanol–water partition coefficient (Wildman–Crippen LogP) is 2.17. The monoisotopic (exact) mass is 264 g/mol. The quantitative estimate of drug-likeness (QED) is 0.850. The normalized spacial score (nSPS) is 18.1. The van der Waals surface area contributed by atoms with Crippen LogP contribution in [0.2, 0.25) is 0 Å². The number of aryl methyl sites for hydroxylation is 1. The highest BCUT2D eigenvalue weighted by molar-refractivity contribution is 5.91. The van der Waals surface area contributed by atoms with E-state index < -0.39 is 5.60 Å². The van der Waals surface area contributed by atoms with Gasteiger partial charge in [-0.1, -0.05) is 12.1 Å². The summed E-state index contributed by atoms with van der Waals surface area (Å²) in [5.41, 5.74) is 1.26. The molecule has 1 N–H and O–H groups in total. The molecule has 0 unspecified atom stereocenters. The summed E-state index contributed by atoms with van der Waals surface area (Å²) in [4.78, 5) is 11.9. The van der Waals surface area contributed by atoms with E-state index in [-0.39, 0.29) is 5.97 Å². The number of hydrogen-bond acceptors (Lipinski definition) is 4. The highest BCUT2D eigenvalue weighted by Gasteiger charge is 2.32. The smallest absolute Gasteiger partial charge is 0.338 e. The van der Waals surface area contributed by atoms with E-state index in [4.69, 9.17) is 9.47 Å². The first-order valence-corrected chi connectivity index (χ1v) is 6.65. The van der Waals surface area contributed by atoms with Crippen LogP contribution in [-0.4, -0.2) is 30.9 Å². The van der Waals surface area contributed by atoms with Crippen molar-refractivity contribution in [3.63, 3.8) is 0 Å². The van der Waals surface area contributed by atoms with Crippen LogP contribution in [0.3, 0.4) is 0 Å². The minimum Gasteiger partial charge on any atom is -0.462 e. The predicted molar refractivity (Wildman–Crippen MR) is 71.1 cm³/mol. The van der Waals surface area contributed by atoms with Crippen molar-refractivity contribution in [1.82, 2.24) is 0 Å². The Balaban J connectivity index is 2.32. The van der Waals surface area contributed by atoms with Gasteiger partial charge in [0, 0.05) is 26.1 Å². The average molecular weight is 264 g/mol. The maximum atomic E-state index is 11.9. The van der Waals surface area contributed by atoms with Crippen molar-refractivity contribution in [2.24, 2.45) is 0 Å². The topological polar surface area (TPSA) is 55.8 Å². The number of carbonyl (C=O) groups excluding carboxylic acids is 1. The van der Waals surface area contributed by atoms with Gasteiger partial charge < -0.3 is 14.6 Å². The van der Waals surface area contributed by atoms with Crippen molar-refractivity contribution in [2.75, 3.05) is 19.8 Å². The molecule has 4 nitrogen and oxygen atoms in total. The van der Waals surface area contributed by atoms with Crippen LogP contribution in [0.4, 0.5) is 0 Å². The number of rotatable bonds is 3. The van der Waals surface area contributed by atoms with Crippen molar-refractivity contribution in [2.45, 2.75) is 32.3 Å². The molecule has 1 aliphatic heterocycles. The lowest BCUT2D eigenvalue weighted by Gasteiger charge is -2.32. The fourth-order valence-electron chi connectivity index (χ4n) is 2.34. The highest BCUT2D eigenvalue weighted by atomic mass is 16.5. The average Bonchev–Trinajstić information content (AvgIpc) is 2.40. The second kappa shape index (κ2) is 5.72. The Bertz CT molecular complexity index is 461. The zero-order valence-corrected chi connectivity index (χ0v) is 11.4. The van der Waals surface area contributed by atoms with Gasteiger partial charge in [-0.05, 0) is 31.0 Å². The van der Waals surface area contributed by atoms with Crippen LogP contribution in [-0.2, 0) is 15.1 Å². The van der Waals surface area contributed by atoms with E-state index in [2.05, 4.69) is 0 Å². The van der Waals surface area contributed by atoms with Gasteiger partial charge in [0.05, 0.1) is 17.8 Å². The van der Waals surface area contributed by atoms with Gasteiger partial charge in [-0.15, -0.1) is 0 Å². The van der Waals surface area contributed by atoms with Gasteiger partial charge in [-0.3, -0.25) is 0 Å². The van der Waals surface area contributed by atoms with Gasteiger partial charge in [0.25, 0.3) is 0 Å². The fraction of sp³-hybridized carbons (Fsp3) is 0.533. The van der Waals surface area contributed by atoms with Crippen LogP contribution >= 0.6 is 0 Å². The Kier molecular flexibility index (Phi) is 4.22. The first-order chi connectivity index (χ1) is 9.07. The molecule has 1 aromatic carbocycles. The molecule has 0 aromatic heterocycles. The van der Waals surface area contributed by atoms with E-state index in [1.165, 1.54) is 0 Å². The molecule has 19 heavy (non-hydrogen) atoms. The summed E-state index contributed by atoms with van der Waals surface area (Å²) in [5.74, 6) is -0.336. The lowest BCUT2D eigenvalue weighted by Crippen LogP contribution is -2.33. The molecule has 0 bridgehead atoms. The van der Waals surface area contributed by atoms with E-state index in [0.29, 0.717) is 38.2 Å². The lowest BCUT2D eigenvalue weighted by atomic mass is 9.85. The van der Waals surface area contributed by atoms with E-state index in [9.17, 15) is 9.90 Å². The van der Waals surface area contributed by atoms with Gasteiger partial charge in [0.1, 0.15) is 0 Å². The fourth-order valence-corrected chi connectivity index (χ4v) is 2.34. The highest BCUT2D eigenvalue weighted by Crippen LogP contribution is 2.33. The molecule has 0 aliphatic carbocycles. The summed E-state index contributed by atoms with van der Waals surface area (Å²) in [5, 5.41) is 10.6. The van der Waals surface area contributed by atoms with Crippen molar-refractivity contribution >= 4 is 5.97 Å². The minimum absolute atomic E-state index is 0.336. The Morgan fingerprint density at radius 1 is 1.42 bits per heavy atom. The number of carbonyl (C=O) groups is 1. The van der Waals surface area contributed by atoms with Gasteiger partial charge in [-0.2, -0.15) is 0 Å². The zero-order chi connectivity index (χ0) is 13.9. The Labute approximate surface area is 113 Å². The molecule has 1 fully saturated rings. The first kappa shape index (κ1) is 14.0. The molecule has 0 radical (unpaired) electrons. The molecule has 1 saturated heterocycles. The van der Waals surface area contributed by atoms with Crippen LogP contribution in [0.5, 0.6) is 0 Å². The van der Waals surface area contributed by atoms with E-state index in [1.54, 1.807) is 13.0 Å². The van der Waals surface area contributed by atoms with Gasteiger partial charge in [0.2, 0.25) is 0 Å². The molecule has 0 amide bonds. The van der Waals surface area contributed by atoms with E-state index in [0.717, 1.165) is 11.1 Å². The second-order valence-corrected chi connectivity index (χ2v) is 4.89. The minimum atomic E-state index is -0.896. The van der Waals surface area contributed by atoms with E-state index >= 15 is 0 Å². The van der Waals surface area contributed by atoms with Crippen molar-refractivity contribution < 1.29 is 19.4 Å². The summed E-state index contributed by atoms with van der Waals surface area (Å²) < 4.78 is 10.3. The zero-order valence-electron chi connectivity index (χ0n) is 11.4. The summed E-state index contributed by atoms with van der Waals surface area (Å²) in [6.45, 7) is 5.08. The molecule has 1 heterocycles. The number of ether oxygens (including phenoxy) is 2. The van der Waals surface area contributed by atoms with Crippen LogP contribution in [0.15, 0.2) is 18.2 Å². The molecule has 4 heteroatoms. The number of hydrogen-bond donors (Lipinski definition) is 1. The van der Waals surface area contributed by atoms with Crippen LogP contribution < -0.4 is 0 Å². The number of benzene rings is 1. The van der Waals surface area contributed by atoms with Gasteiger partial charge in [0.15, 0.2) is 0 Å². The molecular weight excluding hydrogens is 244 g/mol. The Morgan fingerprint density at radius 2 is 2.11 bits per heavy atom. The number of aliphatic hydroxyl groups is 1. The van der Waals surface area contributed by atoms with E-state index in [1.807, 2.05) is 19.1 Å². The first-order valence-electron chi connectivity index (χ1n) is 6.65. The number of esters is 1. The molecule has 0 spiro atoms. The van der Waals surface area contributed by atoms with Crippen molar-refractivity contribution in [3.05, 3.63) is 34.9 Å². The molecule has 1 aromatic rings. The van der Waals surface area contributed by atoms with Gasteiger partial charge in [-0.25, -0.2) is 4.79 Å². The summed E-state index contributed by atoms with van der Waals surface area (Å²) in [6, 6.07) is 5.48. The van der Waals surface area contributed by atoms with Crippen molar-refractivity contribution in [1.29, 1.82) is 0 Å². The third-order valence-corrected chi connectivity index (χ3v) is 3.59. The van der Waals surface area contributed by atoms with Crippen molar-refractivity contribution in [3.8, 4) is 0 Å². The standard InChI is InChI=1S/C15H20O4/c1-3-19-14(16)13-10-12(5-4-11(13)2)15(17)6-8-18-9-7-15/h4-5,10,17H,3,6-9H2,1-2H3. The summed E-state index contributed by atoms with van der Waals surface area (Å²) in [6.07, 6.45) is 1.11. The SMILES string of the molecule is CCOC(=O)c1cc(C2(O)CCOCC2)ccc1C. The molecule has 0 atom stereocenters. The summed E-state index contributed by atoms with van der Waals surface area (Å²) in [7, 11) is 0. The second-order valence-electron chi connectivity index (χ2n) is 4.89. The summed E-state index contributed by atoms with van der Waals surface area (Å²) >= 11 is 0. The molecule has 104 valence electrons. The third kappa shape index (κ3) is 2.96. The van der Waals surface area contributed by atoms with Crippen LogP contribution in [0.25, 0.3) is 0 Å². The maximum Gasteiger partial charge on any atom is 0.338 e. The lowest BCUT2D eigenvalue weighted by molar-refractivity contribution is -0.0679. The third-order valence-electron chi connectivity index (χ3n) is 3.59.